The molecule has 1 aromatic rings. The van der Waals surface area contributed by atoms with E-state index in [2.05, 4.69) is 17.0 Å². The van der Waals surface area contributed by atoms with E-state index in [1.807, 2.05) is 6.07 Å². The van der Waals surface area contributed by atoms with Gasteiger partial charge < -0.3 is 10.5 Å². The Morgan fingerprint density at radius 3 is 2.68 bits per heavy atom. The van der Waals surface area contributed by atoms with E-state index >= 15 is 0 Å². The molecule has 2 N–H and O–H groups in total. The quantitative estimate of drug-likeness (QED) is 0.827. The average molecular weight is 260 g/mol. The molecule has 0 amide bonds. The Hall–Kier alpha value is -1.22. The Morgan fingerprint density at radius 1 is 1.16 bits per heavy atom. The van der Waals surface area contributed by atoms with Gasteiger partial charge in [0.15, 0.2) is 0 Å². The van der Waals surface area contributed by atoms with Gasteiger partial charge in [-0.2, -0.15) is 0 Å². The zero-order valence-electron chi connectivity index (χ0n) is 11.6. The van der Waals surface area contributed by atoms with Crippen LogP contribution in [0.1, 0.15) is 37.7 Å². The highest BCUT2D eigenvalue weighted by molar-refractivity contribution is 5.54. The molecule has 3 rings (SSSR count). The van der Waals surface area contributed by atoms with Gasteiger partial charge in [0.05, 0.1) is 12.3 Å². The maximum absolute atomic E-state index is 5.99. The van der Waals surface area contributed by atoms with Crippen molar-refractivity contribution in [1.29, 1.82) is 0 Å². The van der Waals surface area contributed by atoms with Crippen molar-refractivity contribution in [3.63, 3.8) is 0 Å². The van der Waals surface area contributed by atoms with Gasteiger partial charge >= 0.3 is 0 Å². The molecule has 0 unspecified atom stereocenters. The van der Waals surface area contributed by atoms with Crippen molar-refractivity contribution in [2.45, 2.75) is 38.6 Å². The smallest absolute Gasteiger partial charge is 0.142 e. The monoisotopic (exact) mass is 260 g/mol. The average Bonchev–Trinajstić information content (AvgIpc) is 3.25. The molecule has 0 aromatic heterocycles. The van der Waals surface area contributed by atoms with Crippen LogP contribution < -0.4 is 10.5 Å². The number of likely N-dealkylation sites (tertiary alicyclic amines) is 1. The minimum absolute atomic E-state index is 0.767. The number of hydrogen-bond acceptors (Lipinski definition) is 3. The lowest BCUT2D eigenvalue weighted by atomic mass is 10.1. The summed E-state index contributed by atoms with van der Waals surface area (Å²) in [4.78, 5) is 2.53. The third-order valence-electron chi connectivity index (χ3n) is 4.10. The zero-order valence-corrected chi connectivity index (χ0v) is 11.6. The molecular formula is C16H24N2O. The van der Waals surface area contributed by atoms with Gasteiger partial charge in [-0.3, -0.25) is 4.90 Å². The zero-order chi connectivity index (χ0) is 13.1. The molecule has 1 saturated carbocycles. The first-order valence-electron chi connectivity index (χ1n) is 7.55. The maximum Gasteiger partial charge on any atom is 0.142 e. The van der Waals surface area contributed by atoms with E-state index in [9.17, 15) is 0 Å². The first-order valence-corrected chi connectivity index (χ1v) is 7.55. The van der Waals surface area contributed by atoms with Crippen molar-refractivity contribution in [1.82, 2.24) is 4.90 Å². The van der Waals surface area contributed by atoms with Gasteiger partial charge in [0.1, 0.15) is 5.75 Å². The fraction of sp³-hybridized carbons (Fsp3) is 0.625. The minimum Gasteiger partial charge on any atom is -0.491 e. The van der Waals surface area contributed by atoms with Crippen molar-refractivity contribution in [3.05, 3.63) is 23.8 Å². The molecule has 3 nitrogen and oxygen atoms in total. The van der Waals surface area contributed by atoms with Crippen LogP contribution in [0.15, 0.2) is 18.2 Å². The van der Waals surface area contributed by atoms with Crippen molar-refractivity contribution < 1.29 is 4.74 Å². The van der Waals surface area contributed by atoms with Gasteiger partial charge in [-0.25, -0.2) is 0 Å². The fourth-order valence-electron chi connectivity index (χ4n) is 2.67. The van der Waals surface area contributed by atoms with E-state index in [0.29, 0.717) is 0 Å². The largest absolute Gasteiger partial charge is 0.491 e. The number of piperidine rings is 1. The molecule has 0 atom stereocenters. The second-order valence-corrected chi connectivity index (χ2v) is 5.96. The topological polar surface area (TPSA) is 38.5 Å². The van der Waals surface area contributed by atoms with Gasteiger partial charge in [0.2, 0.25) is 0 Å². The molecule has 1 saturated heterocycles. The number of ether oxygens (including phenoxy) is 1. The van der Waals surface area contributed by atoms with Crippen LogP contribution in [0.25, 0.3) is 0 Å². The second-order valence-electron chi connectivity index (χ2n) is 5.96. The van der Waals surface area contributed by atoms with Crippen LogP contribution in [0.5, 0.6) is 5.75 Å². The second kappa shape index (κ2) is 5.83. The minimum atomic E-state index is 0.767. The van der Waals surface area contributed by atoms with Crippen LogP contribution in [-0.2, 0) is 6.54 Å². The molecule has 104 valence electrons. The molecule has 2 aliphatic rings. The molecule has 0 bridgehead atoms. The predicted octanol–water partition coefficient (Wildman–Crippen LogP) is 3.04. The molecule has 0 spiro atoms. The summed E-state index contributed by atoms with van der Waals surface area (Å²) in [5.74, 6) is 1.64. The van der Waals surface area contributed by atoms with Gasteiger partial charge in [-0.15, -0.1) is 0 Å². The Balaban J connectivity index is 1.61. The lowest BCUT2D eigenvalue weighted by Gasteiger charge is -2.26. The van der Waals surface area contributed by atoms with Crippen LogP contribution in [0.2, 0.25) is 0 Å². The van der Waals surface area contributed by atoms with Crippen LogP contribution >= 0.6 is 0 Å². The van der Waals surface area contributed by atoms with E-state index in [1.54, 1.807) is 0 Å². The first-order chi connectivity index (χ1) is 9.31. The van der Waals surface area contributed by atoms with E-state index < -0.39 is 0 Å². The maximum atomic E-state index is 5.99. The standard InChI is InChI=1S/C16H24N2O/c17-15-7-6-14(11-18-8-2-1-3-9-18)10-16(15)19-12-13-4-5-13/h6-7,10,13H,1-5,8-9,11-12,17H2. The van der Waals surface area contributed by atoms with Crippen LogP contribution in [0.4, 0.5) is 5.69 Å². The number of nitrogen functional groups attached to an aromatic ring is 1. The highest BCUT2D eigenvalue weighted by Gasteiger charge is 2.22. The molecule has 19 heavy (non-hydrogen) atoms. The van der Waals surface area contributed by atoms with E-state index in [-0.39, 0.29) is 0 Å². The normalized spacial score (nSPS) is 20.4. The van der Waals surface area contributed by atoms with E-state index in [0.717, 1.165) is 30.5 Å². The van der Waals surface area contributed by atoms with Gasteiger partial charge in [-0.05, 0) is 62.4 Å². The van der Waals surface area contributed by atoms with Crippen LogP contribution in [0.3, 0.4) is 0 Å². The SMILES string of the molecule is Nc1ccc(CN2CCCCC2)cc1OCC1CC1. The fourth-order valence-corrected chi connectivity index (χ4v) is 2.67. The molecule has 2 fully saturated rings. The van der Waals surface area contributed by atoms with Crippen molar-refractivity contribution in [2.75, 3.05) is 25.4 Å². The number of nitrogens with zero attached hydrogens (tertiary/aromatic N) is 1. The van der Waals surface area contributed by atoms with Gasteiger partial charge in [-0.1, -0.05) is 12.5 Å². The third-order valence-corrected chi connectivity index (χ3v) is 4.10. The molecule has 1 aliphatic carbocycles. The van der Waals surface area contributed by atoms with Crippen LogP contribution in [-0.4, -0.2) is 24.6 Å². The molecule has 1 heterocycles. The van der Waals surface area contributed by atoms with Gasteiger partial charge in [0, 0.05) is 6.54 Å². The molecular weight excluding hydrogens is 236 g/mol. The predicted molar refractivity (Wildman–Crippen MR) is 78.2 cm³/mol. The van der Waals surface area contributed by atoms with Crippen molar-refractivity contribution in [3.8, 4) is 5.75 Å². The summed E-state index contributed by atoms with van der Waals surface area (Å²) >= 11 is 0. The van der Waals surface area contributed by atoms with E-state index in [1.165, 1.54) is 50.8 Å². The molecule has 0 radical (unpaired) electrons. The number of rotatable bonds is 5. The summed E-state index contributed by atoms with van der Waals surface area (Å²) in [7, 11) is 0. The van der Waals surface area contributed by atoms with Crippen molar-refractivity contribution >= 4 is 5.69 Å². The number of nitrogens with two attached hydrogens (primary N) is 1. The van der Waals surface area contributed by atoms with E-state index in [4.69, 9.17) is 10.5 Å². The lowest BCUT2D eigenvalue weighted by molar-refractivity contribution is 0.220. The summed E-state index contributed by atoms with van der Waals surface area (Å²) in [5, 5.41) is 0. The molecule has 1 aliphatic heterocycles. The highest BCUT2D eigenvalue weighted by atomic mass is 16.5. The third kappa shape index (κ3) is 3.63. The number of benzene rings is 1. The summed E-state index contributed by atoms with van der Waals surface area (Å²) in [5.41, 5.74) is 8.08. The Kier molecular flexibility index (Phi) is 3.92. The molecule has 1 aromatic carbocycles. The highest BCUT2D eigenvalue weighted by Crippen LogP contribution is 2.31. The summed E-state index contributed by atoms with van der Waals surface area (Å²) < 4.78 is 5.85. The lowest BCUT2D eigenvalue weighted by Crippen LogP contribution is -2.29. The summed E-state index contributed by atoms with van der Waals surface area (Å²) in [6.45, 7) is 4.31. The van der Waals surface area contributed by atoms with Gasteiger partial charge in [0.25, 0.3) is 0 Å². The number of hydrogen-bond donors (Lipinski definition) is 1. The number of anilines is 1. The summed E-state index contributed by atoms with van der Waals surface area (Å²) in [6, 6.07) is 6.25. The van der Waals surface area contributed by atoms with Crippen molar-refractivity contribution in [2.24, 2.45) is 5.92 Å². The first kappa shape index (κ1) is 12.8. The summed E-state index contributed by atoms with van der Waals surface area (Å²) in [6.07, 6.45) is 6.68. The Labute approximate surface area is 115 Å². The Bertz CT molecular complexity index is 423. The Morgan fingerprint density at radius 2 is 1.95 bits per heavy atom. The molecule has 3 heteroatoms. The van der Waals surface area contributed by atoms with Crippen LogP contribution in [0, 0.1) is 5.92 Å².